The van der Waals surface area contributed by atoms with Crippen molar-refractivity contribution in [2.45, 2.75) is 19.0 Å². The van der Waals surface area contributed by atoms with Crippen molar-refractivity contribution >= 4 is 11.7 Å². The van der Waals surface area contributed by atoms with Crippen molar-refractivity contribution in [2.24, 2.45) is 5.11 Å². The van der Waals surface area contributed by atoms with Crippen LogP contribution in [0.5, 0.6) is 5.75 Å². The van der Waals surface area contributed by atoms with Gasteiger partial charge in [0.25, 0.3) is 5.66 Å². The number of urea groups is 1. The van der Waals surface area contributed by atoms with Gasteiger partial charge in [0.1, 0.15) is 5.75 Å². The summed E-state index contributed by atoms with van der Waals surface area (Å²) in [6, 6.07) is 15.2. The number of rotatable bonds is 1. The molecule has 1 unspecified atom stereocenters. The summed E-state index contributed by atoms with van der Waals surface area (Å²) in [7, 11) is 0. The predicted octanol–water partition coefficient (Wildman–Crippen LogP) is 3.45. The lowest BCUT2D eigenvalue weighted by Crippen LogP contribution is -2.43. The van der Waals surface area contributed by atoms with Crippen LogP contribution in [0.25, 0.3) is 0 Å². The maximum atomic E-state index is 12.4. The molecule has 110 valence electrons. The lowest BCUT2D eigenvalue weighted by Gasteiger charge is -2.27. The molecule has 0 saturated heterocycles. The van der Waals surface area contributed by atoms with Gasteiger partial charge in [0.15, 0.2) is 5.69 Å². The van der Waals surface area contributed by atoms with Crippen LogP contribution in [0.2, 0.25) is 0 Å². The Morgan fingerprint density at radius 3 is 2.86 bits per heavy atom. The van der Waals surface area contributed by atoms with E-state index in [1.165, 1.54) is 4.70 Å². The molecule has 5 nitrogen and oxygen atoms in total. The third-order valence-electron chi connectivity index (χ3n) is 4.08. The summed E-state index contributed by atoms with van der Waals surface area (Å²) in [5, 5.41) is 7.73. The summed E-state index contributed by atoms with van der Waals surface area (Å²) in [5.41, 5.74) is 2.07. The van der Waals surface area contributed by atoms with Gasteiger partial charge in [-0.15, -0.1) is 0 Å². The van der Waals surface area contributed by atoms with Crippen LogP contribution in [0, 0.1) is 6.92 Å². The van der Waals surface area contributed by atoms with E-state index < -0.39 is 5.66 Å². The third-order valence-corrected chi connectivity index (χ3v) is 4.08. The highest BCUT2D eigenvalue weighted by atomic mass is 16.5. The number of nitrogens with zero attached hydrogens (tertiary/aromatic N) is 2. The Balaban J connectivity index is 1.84. The van der Waals surface area contributed by atoms with Gasteiger partial charge >= 0.3 is 6.03 Å². The second kappa shape index (κ2) is 4.66. The molecule has 0 bridgehead atoms. The summed E-state index contributed by atoms with van der Waals surface area (Å²) in [6.45, 7) is 2.55. The van der Waals surface area contributed by atoms with Crippen LogP contribution in [0.15, 0.2) is 53.6 Å². The van der Waals surface area contributed by atoms with Crippen molar-refractivity contribution in [3.63, 3.8) is 0 Å². The predicted molar refractivity (Wildman–Crippen MR) is 80.3 cm³/mol. The zero-order chi connectivity index (χ0) is 15.2. The number of carbonyl (C=O) groups excluding carboxylic acids is 1. The van der Waals surface area contributed by atoms with Gasteiger partial charge in [-0.25, -0.2) is 5.32 Å². The van der Waals surface area contributed by atoms with E-state index in [1.807, 2.05) is 55.5 Å². The van der Waals surface area contributed by atoms with E-state index in [0.29, 0.717) is 13.0 Å². The van der Waals surface area contributed by atoms with Crippen LogP contribution in [0.3, 0.4) is 0 Å². The Morgan fingerprint density at radius 1 is 1.23 bits per heavy atom. The fourth-order valence-corrected chi connectivity index (χ4v) is 2.98. The number of carbonyl (C=O) groups is 1. The van der Waals surface area contributed by atoms with E-state index in [2.05, 4.69) is 5.32 Å². The first-order valence-electron chi connectivity index (χ1n) is 7.32. The lowest BCUT2D eigenvalue weighted by atomic mass is 9.93. The molecule has 2 amide bonds. The first-order valence-corrected chi connectivity index (χ1v) is 7.32. The van der Waals surface area contributed by atoms with Gasteiger partial charge in [0.05, 0.1) is 18.6 Å². The third kappa shape index (κ3) is 1.89. The van der Waals surface area contributed by atoms with Crippen LogP contribution >= 0.6 is 0 Å². The van der Waals surface area contributed by atoms with Gasteiger partial charge in [0, 0.05) is 0 Å². The molecule has 2 aliphatic heterocycles. The molecule has 0 saturated carbocycles. The summed E-state index contributed by atoms with van der Waals surface area (Å²) in [4.78, 5) is 12.4. The zero-order valence-electron chi connectivity index (χ0n) is 12.2. The monoisotopic (exact) mass is 294 g/mol. The summed E-state index contributed by atoms with van der Waals surface area (Å²) in [6.07, 6.45) is 0.623. The van der Waals surface area contributed by atoms with Crippen LogP contribution in [-0.2, 0) is 5.66 Å². The molecule has 1 atom stereocenters. The molecular weight excluding hydrogens is 278 g/mol. The van der Waals surface area contributed by atoms with Crippen LogP contribution < -0.4 is 10.1 Å². The number of hydrogen-bond acceptors (Lipinski definition) is 3. The van der Waals surface area contributed by atoms with Crippen molar-refractivity contribution in [3.05, 3.63) is 59.7 Å². The minimum atomic E-state index is -0.728. The summed E-state index contributed by atoms with van der Waals surface area (Å²) >= 11 is 0. The molecule has 22 heavy (non-hydrogen) atoms. The maximum absolute atomic E-state index is 12.4. The molecule has 5 heteroatoms. The van der Waals surface area contributed by atoms with Crippen LogP contribution in [0.4, 0.5) is 10.5 Å². The fourth-order valence-electron chi connectivity index (χ4n) is 2.98. The van der Waals surface area contributed by atoms with Gasteiger partial charge in [-0.2, -0.15) is 4.79 Å². The normalized spacial score (nSPS) is 22.8. The Bertz CT molecular complexity index is 786. The molecule has 2 aromatic rings. The molecule has 1 spiro atoms. The van der Waals surface area contributed by atoms with Crippen molar-refractivity contribution < 1.29 is 14.2 Å². The second-order valence-electron chi connectivity index (χ2n) is 5.64. The van der Waals surface area contributed by atoms with Crippen LogP contribution in [-0.4, -0.2) is 17.3 Å². The molecule has 2 aromatic carbocycles. The lowest BCUT2D eigenvalue weighted by molar-refractivity contribution is -0.404. The molecule has 2 heterocycles. The SMILES string of the molecule is Cc1ccc2c(c1)OCCC21N=[N+](c2ccccc2)C(=O)N1. The molecule has 2 aliphatic rings. The Labute approximate surface area is 128 Å². The number of azo groups is 2. The maximum Gasteiger partial charge on any atom is 0.519 e. The number of amides is 2. The number of hydrogen-bond donors (Lipinski definition) is 1. The first-order chi connectivity index (χ1) is 10.7. The average Bonchev–Trinajstić information content (AvgIpc) is 2.85. The Morgan fingerprint density at radius 2 is 2.05 bits per heavy atom. The van der Waals surface area contributed by atoms with Gasteiger partial charge in [-0.05, 0) is 36.8 Å². The Kier molecular flexibility index (Phi) is 2.76. The molecular formula is C17H16N3O2+. The zero-order valence-corrected chi connectivity index (χ0v) is 12.2. The van der Waals surface area contributed by atoms with Gasteiger partial charge in [-0.1, -0.05) is 34.1 Å². The highest BCUT2D eigenvalue weighted by molar-refractivity contribution is 5.71. The molecule has 0 radical (unpaired) electrons. The smallest absolute Gasteiger partial charge is 0.493 e. The molecule has 1 N–H and O–H groups in total. The van der Waals surface area contributed by atoms with Crippen molar-refractivity contribution in [3.8, 4) is 5.75 Å². The van der Waals surface area contributed by atoms with Crippen molar-refractivity contribution in [1.82, 2.24) is 5.32 Å². The quantitative estimate of drug-likeness (QED) is 0.819. The van der Waals surface area contributed by atoms with Crippen molar-refractivity contribution in [2.75, 3.05) is 6.61 Å². The van der Waals surface area contributed by atoms with E-state index in [4.69, 9.17) is 9.85 Å². The van der Waals surface area contributed by atoms with Crippen LogP contribution in [0.1, 0.15) is 17.5 Å². The Hall–Kier alpha value is -2.69. The first kappa shape index (κ1) is 13.0. The number of fused-ring (bicyclic) bond motifs is 2. The van der Waals surface area contributed by atoms with Crippen molar-refractivity contribution in [1.29, 1.82) is 0 Å². The standard InChI is InChI=1S/C17H15N3O2/c1-12-7-8-14-15(11-12)22-10-9-17(14)18-16(21)20(19-17)13-5-3-2-4-6-13/h2-8,11H,9-10H2,1H3/p+1. The number of para-hydroxylation sites is 1. The van der Waals surface area contributed by atoms with E-state index >= 15 is 0 Å². The van der Waals surface area contributed by atoms with E-state index in [0.717, 1.165) is 22.6 Å². The molecule has 4 rings (SSSR count). The van der Waals surface area contributed by atoms with Gasteiger partial charge in [-0.3, -0.25) is 0 Å². The average molecular weight is 294 g/mol. The highest BCUT2D eigenvalue weighted by Crippen LogP contribution is 2.41. The number of nitrogens with one attached hydrogen (secondary N) is 1. The van der Waals surface area contributed by atoms with E-state index in [1.54, 1.807) is 0 Å². The van der Waals surface area contributed by atoms with Gasteiger partial charge in [0.2, 0.25) is 0 Å². The molecule has 0 aromatic heterocycles. The number of aryl methyl sites for hydroxylation is 1. The summed E-state index contributed by atoms with van der Waals surface area (Å²) in [5.74, 6) is 0.796. The van der Waals surface area contributed by atoms with E-state index in [-0.39, 0.29) is 6.03 Å². The minimum Gasteiger partial charge on any atom is -0.493 e. The highest BCUT2D eigenvalue weighted by Gasteiger charge is 2.52. The largest absolute Gasteiger partial charge is 0.519 e. The topological polar surface area (TPSA) is 53.7 Å². The molecule has 0 aliphatic carbocycles. The number of benzene rings is 2. The number of ether oxygens (including phenoxy) is 1. The fraction of sp³-hybridized carbons (Fsp3) is 0.235. The summed E-state index contributed by atoms with van der Waals surface area (Å²) < 4.78 is 7.18. The second-order valence-corrected chi connectivity index (χ2v) is 5.64. The minimum absolute atomic E-state index is 0.209. The molecule has 0 fully saturated rings. The van der Waals surface area contributed by atoms with Gasteiger partial charge < -0.3 is 4.74 Å². The van der Waals surface area contributed by atoms with E-state index in [9.17, 15) is 4.79 Å².